The summed E-state index contributed by atoms with van der Waals surface area (Å²) >= 11 is 5.83. The van der Waals surface area contributed by atoms with Gasteiger partial charge in [0.05, 0.1) is 17.3 Å². The predicted molar refractivity (Wildman–Crippen MR) is 61.3 cm³/mol. The summed E-state index contributed by atoms with van der Waals surface area (Å²) in [5, 5.41) is 5.98. The van der Waals surface area contributed by atoms with Crippen LogP contribution in [-0.2, 0) is 4.79 Å². The van der Waals surface area contributed by atoms with Crippen LogP contribution in [0, 0.1) is 0 Å². The zero-order chi connectivity index (χ0) is 9.68. The number of carbonyl (C=O) groups is 1. The van der Waals surface area contributed by atoms with Crippen molar-refractivity contribution in [2.45, 2.75) is 0 Å². The smallest absolute Gasteiger partial charge is 0.238 e. The first-order chi connectivity index (χ1) is 6.24. The van der Waals surface area contributed by atoms with Crippen LogP contribution in [0.1, 0.15) is 0 Å². The van der Waals surface area contributed by atoms with E-state index < -0.39 is 0 Å². The third-order valence-corrected chi connectivity index (χ3v) is 1.81. The fourth-order valence-electron chi connectivity index (χ4n) is 0.918. The normalized spacial score (nSPS) is 9.00. The highest BCUT2D eigenvalue weighted by molar-refractivity contribution is 6.33. The van der Waals surface area contributed by atoms with Gasteiger partial charge in [-0.15, -0.1) is 12.4 Å². The fourth-order valence-corrected chi connectivity index (χ4v) is 1.10. The maximum Gasteiger partial charge on any atom is 0.238 e. The summed E-state index contributed by atoms with van der Waals surface area (Å²) in [6.45, 7) is 0.283. The van der Waals surface area contributed by atoms with Crippen molar-refractivity contribution in [2.24, 2.45) is 0 Å². The molecule has 2 N–H and O–H groups in total. The number of halogens is 2. The molecule has 5 heteroatoms. The Morgan fingerprint density at radius 2 is 2.07 bits per heavy atom. The molecule has 0 spiro atoms. The first-order valence-electron chi connectivity index (χ1n) is 3.93. The van der Waals surface area contributed by atoms with Gasteiger partial charge in [0.25, 0.3) is 0 Å². The summed E-state index contributed by atoms with van der Waals surface area (Å²) in [5.74, 6) is -0.101. The number of hydrogen-bond acceptors (Lipinski definition) is 2. The highest BCUT2D eigenvalue weighted by Gasteiger charge is 2.02. The maximum absolute atomic E-state index is 11.1. The van der Waals surface area contributed by atoms with Crippen molar-refractivity contribution in [1.82, 2.24) is 5.32 Å². The number of likely N-dealkylation sites (N-methyl/N-ethyl adjacent to an activating group) is 1. The quantitative estimate of drug-likeness (QED) is 0.840. The van der Waals surface area contributed by atoms with Gasteiger partial charge in [-0.3, -0.25) is 4.79 Å². The molecule has 14 heavy (non-hydrogen) atoms. The summed E-state index contributed by atoms with van der Waals surface area (Å²) in [5.41, 5.74) is 0.643. The lowest BCUT2D eigenvalue weighted by molar-refractivity contribution is -0.115. The van der Waals surface area contributed by atoms with Crippen LogP contribution in [0.15, 0.2) is 24.3 Å². The first-order valence-corrected chi connectivity index (χ1v) is 4.31. The Balaban J connectivity index is 0.00000169. The molecule has 0 aromatic heterocycles. The van der Waals surface area contributed by atoms with Crippen LogP contribution in [0.2, 0.25) is 5.02 Å². The van der Waals surface area contributed by atoms with E-state index in [1.165, 1.54) is 0 Å². The lowest BCUT2D eigenvalue weighted by atomic mass is 10.3. The van der Waals surface area contributed by atoms with Gasteiger partial charge in [0.1, 0.15) is 0 Å². The summed E-state index contributed by atoms with van der Waals surface area (Å²) in [7, 11) is 1.71. The summed E-state index contributed by atoms with van der Waals surface area (Å²) < 4.78 is 0. The summed E-state index contributed by atoms with van der Waals surface area (Å²) in [6.07, 6.45) is 0. The lowest BCUT2D eigenvalue weighted by Gasteiger charge is -2.05. The Hall–Kier alpha value is -0.770. The Morgan fingerprint density at radius 1 is 1.43 bits per heavy atom. The number of para-hydroxylation sites is 1. The van der Waals surface area contributed by atoms with Gasteiger partial charge >= 0.3 is 0 Å². The molecule has 1 amide bonds. The van der Waals surface area contributed by atoms with Crippen LogP contribution in [0.3, 0.4) is 0 Å². The third kappa shape index (κ3) is 3.96. The Kier molecular flexibility index (Phi) is 6.28. The van der Waals surface area contributed by atoms with Crippen molar-refractivity contribution in [3.8, 4) is 0 Å². The van der Waals surface area contributed by atoms with Gasteiger partial charge in [-0.1, -0.05) is 23.7 Å². The molecule has 0 aliphatic heterocycles. The number of amides is 1. The second-order valence-corrected chi connectivity index (χ2v) is 2.97. The summed E-state index contributed by atoms with van der Waals surface area (Å²) in [4.78, 5) is 11.1. The van der Waals surface area contributed by atoms with Gasteiger partial charge in [-0.2, -0.15) is 0 Å². The third-order valence-electron chi connectivity index (χ3n) is 1.49. The number of carbonyl (C=O) groups excluding carboxylic acids is 1. The number of rotatable bonds is 3. The van der Waals surface area contributed by atoms with Crippen molar-refractivity contribution in [2.75, 3.05) is 18.9 Å². The molecule has 0 aliphatic rings. The van der Waals surface area contributed by atoms with Crippen LogP contribution in [0.25, 0.3) is 0 Å². The molecule has 0 atom stereocenters. The van der Waals surface area contributed by atoms with E-state index in [1.807, 2.05) is 12.1 Å². The van der Waals surface area contributed by atoms with Crippen molar-refractivity contribution in [3.05, 3.63) is 29.3 Å². The Morgan fingerprint density at radius 3 is 2.64 bits per heavy atom. The largest absolute Gasteiger partial charge is 0.324 e. The van der Waals surface area contributed by atoms with Crippen LogP contribution < -0.4 is 10.6 Å². The Bertz CT molecular complexity index is 305. The lowest BCUT2D eigenvalue weighted by Crippen LogP contribution is -2.25. The maximum atomic E-state index is 11.1. The van der Waals surface area contributed by atoms with E-state index in [0.717, 1.165) is 0 Å². The monoisotopic (exact) mass is 234 g/mol. The summed E-state index contributed by atoms with van der Waals surface area (Å²) in [6, 6.07) is 7.13. The van der Waals surface area contributed by atoms with Crippen LogP contribution in [0.4, 0.5) is 5.69 Å². The second kappa shape index (κ2) is 6.65. The van der Waals surface area contributed by atoms with E-state index in [1.54, 1.807) is 19.2 Å². The van der Waals surface area contributed by atoms with E-state index >= 15 is 0 Å². The minimum atomic E-state index is -0.101. The topological polar surface area (TPSA) is 41.1 Å². The van der Waals surface area contributed by atoms with E-state index in [-0.39, 0.29) is 24.9 Å². The van der Waals surface area contributed by atoms with E-state index in [9.17, 15) is 4.79 Å². The molecule has 0 unspecified atom stereocenters. The number of benzene rings is 1. The zero-order valence-corrected chi connectivity index (χ0v) is 9.28. The average molecular weight is 235 g/mol. The standard InChI is InChI=1S/C9H11ClN2O.ClH/c1-11-6-9(13)12-8-5-3-2-4-7(8)10;/h2-5,11H,6H2,1H3,(H,12,13);1H. The molecule has 3 nitrogen and oxygen atoms in total. The van der Waals surface area contributed by atoms with Crippen molar-refractivity contribution in [1.29, 1.82) is 0 Å². The molecule has 1 aromatic rings. The zero-order valence-electron chi connectivity index (χ0n) is 7.71. The Labute approximate surface area is 94.2 Å². The molecule has 0 heterocycles. The van der Waals surface area contributed by atoms with Crippen LogP contribution in [0.5, 0.6) is 0 Å². The molecule has 0 fully saturated rings. The number of anilines is 1. The SMILES string of the molecule is CNCC(=O)Nc1ccccc1Cl.Cl. The highest BCUT2D eigenvalue weighted by Crippen LogP contribution is 2.19. The number of hydrogen-bond donors (Lipinski definition) is 2. The molecular weight excluding hydrogens is 223 g/mol. The molecule has 1 rings (SSSR count). The molecule has 0 aliphatic carbocycles. The molecule has 0 saturated carbocycles. The average Bonchev–Trinajstić information content (AvgIpc) is 2.09. The van der Waals surface area contributed by atoms with Crippen LogP contribution >= 0.6 is 24.0 Å². The molecule has 0 saturated heterocycles. The van der Waals surface area contributed by atoms with E-state index in [4.69, 9.17) is 11.6 Å². The highest BCUT2D eigenvalue weighted by atomic mass is 35.5. The molecule has 0 radical (unpaired) electrons. The van der Waals surface area contributed by atoms with Crippen LogP contribution in [-0.4, -0.2) is 19.5 Å². The van der Waals surface area contributed by atoms with Gasteiger partial charge in [0.15, 0.2) is 0 Å². The van der Waals surface area contributed by atoms with Crippen molar-refractivity contribution in [3.63, 3.8) is 0 Å². The van der Waals surface area contributed by atoms with Gasteiger partial charge < -0.3 is 10.6 Å². The minimum absolute atomic E-state index is 0. The van der Waals surface area contributed by atoms with E-state index in [0.29, 0.717) is 10.7 Å². The molecule has 78 valence electrons. The van der Waals surface area contributed by atoms with Crippen molar-refractivity contribution < 1.29 is 4.79 Å². The van der Waals surface area contributed by atoms with Gasteiger partial charge in [-0.05, 0) is 19.2 Å². The molecular formula is C9H12Cl2N2O. The predicted octanol–water partition coefficient (Wildman–Crippen LogP) is 1.92. The van der Waals surface area contributed by atoms with E-state index in [2.05, 4.69) is 10.6 Å². The van der Waals surface area contributed by atoms with Gasteiger partial charge in [0.2, 0.25) is 5.91 Å². The second-order valence-electron chi connectivity index (χ2n) is 2.56. The number of nitrogens with one attached hydrogen (secondary N) is 2. The molecule has 1 aromatic carbocycles. The van der Waals surface area contributed by atoms with Gasteiger partial charge in [-0.25, -0.2) is 0 Å². The first kappa shape index (κ1) is 13.2. The molecule has 0 bridgehead atoms. The van der Waals surface area contributed by atoms with Crippen molar-refractivity contribution >= 4 is 35.6 Å². The minimum Gasteiger partial charge on any atom is -0.324 e. The van der Waals surface area contributed by atoms with Gasteiger partial charge in [0, 0.05) is 0 Å². The fraction of sp³-hybridized carbons (Fsp3) is 0.222.